The summed E-state index contributed by atoms with van der Waals surface area (Å²) in [6, 6.07) is 6.54. The van der Waals surface area contributed by atoms with Crippen LogP contribution in [0.4, 0.5) is 0 Å². The van der Waals surface area contributed by atoms with Crippen molar-refractivity contribution in [2.45, 2.75) is 50.9 Å². The van der Waals surface area contributed by atoms with E-state index in [9.17, 15) is 19.5 Å². The summed E-state index contributed by atoms with van der Waals surface area (Å²) in [7, 11) is 0. The lowest BCUT2D eigenvalue weighted by Gasteiger charge is -2.40. The van der Waals surface area contributed by atoms with Crippen LogP contribution in [0.25, 0.3) is 0 Å². The van der Waals surface area contributed by atoms with Gasteiger partial charge < -0.3 is 25.2 Å². The molecule has 0 aliphatic heterocycles. The Bertz CT molecular complexity index is 885. The summed E-state index contributed by atoms with van der Waals surface area (Å²) in [4.78, 5) is 39.3. The Morgan fingerprint density at radius 3 is 2.59 bits per heavy atom. The molecule has 2 amide bonds. The molecule has 3 atom stereocenters. The largest absolute Gasteiger partial charge is 0.482 e. The molecule has 2 aliphatic carbocycles. The quantitative estimate of drug-likeness (QED) is 0.297. The minimum absolute atomic E-state index is 0.0740. The molecule has 174 valence electrons. The lowest BCUT2D eigenvalue weighted by Crippen LogP contribution is -2.56. The molecule has 0 radical (unpaired) electrons. The predicted molar refractivity (Wildman–Crippen MR) is 126 cm³/mol. The highest BCUT2D eigenvalue weighted by molar-refractivity contribution is 14.1. The second-order valence-electron chi connectivity index (χ2n) is 8.12. The Hall–Kier alpha value is -1.98. The van der Waals surface area contributed by atoms with Crippen LogP contribution in [-0.2, 0) is 14.4 Å². The number of carbonyl (C=O) groups excluding carboxylic acids is 3. The van der Waals surface area contributed by atoms with Crippen molar-refractivity contribution in [1.82, 2.24) is 10.2 Å². The zero-order valence-corrected chi connectivity index (χ0v) is 20.2. The van der Waals surface area contributed by atoms with Crippen LogP contribution in [0.2, 0.25) is 0 Å². The van der Waals surface area contributed by atoms with Crippen molar-refractivity contribution in [2.75, 3.05) is 19.7 Å². The lowest BCUT2D eigenvalue weighted by molar-refractivity contribution is -0.149. The molecule has 3 rings (SSSR count). The average Bonchev–Trinajstić information content (AvgIpc) is 3.62. The third-order valence-corrected chi connectivity index (χ3v) is 6.58. The molecule has 0 bridgehead atoms. The van der Waals surface area contributed by atoms with E-state index >= 15 is 0 Å². The Morgan fingerprint density at radius 1 is 1.25 bits per heavy atom. The molecule has 32 heavy (non-hydrogen) atoms. The molecule has 1 aromatic rings. The van der Waals surface area contributed by atoms with E-state index in [1.807, 2.05) is 18.2 Å². The number of rotatable bonds is 10. The standard InChI is InChI=1S/C23H29IN2O6/c1-2-18(28)23(31)26(13-14-7-8-14)17-11-15(22(30)25-9-10-27)12-20(21(17)29)32-19-6-4-3-5-16(19)24/h3-6,12,14,17,20-21,27,29H,2,7-11,13H2,1H3,(H,25,30). The predicted octanol–water partition coefficient (Wildman–Crippen LogP) is 1.42. The van der Waals surface area contributed by atoms with E-state index in [4.69, 9.17) is 9.84 Å². The number of benzene rings is 1. The molecular formula is C23H29IN2O6. The maximum atomic E-state index is 12.9. The second-order valence-corrected chi connectivity index (χ2v) is 9.29. The van der Waals surface area contributed by atoms with Gasteiger partial charge in [-0.05, 0) is 59.6 Å². The van der Waals surface area contributed by atoms with Crippen LogP contribution in [0, 0.1) is 9.49 Å². The van der Waals surface area contributed by atoms with Crippen molar-refractivity contribution in [1.29, 1.82) is 0 Å². The Balaban J connectivity index is 1.92. The molecular weight excluding hydrogens is 527 g/mol. The van der Waals surface area contributed by atoms with Gasteiger partial charge in [-0.15, -0.1) is 0 Å². The molecule has 9 heteroatoms. The van der Waals surface area contributed by atoms with Gasteiger partial charge in [0.15, 0.2) is 0 Å². The number of nitrogens with one attached hydrogen (secondary N) is 1. The summed E-state index contributed by atoms with van der Waals surface area (Å²) in [6.45, 7) is 1.88. The fourth-order valence-corrected chi connectivity index (χ4v) is 4.24. The SMILES string of the molecule is CCC(=O)C(=O)N(CC1CC1)C1CC(C(=O)NCCO)=CC(Oc2ccccc2I)C1O. The number of halogens is 1. The highest BCUT2D eigenvalue weighted by Crippen LogP contribution is 2.34. The Labute approximate surface area is 201 Å². The highest BCUT2D eigenvalue weighted by Gasteiger charge is 2.43. The van der Waals surface area contributed by atoms with E-state index in [1.165, 1.54) is 4.90 Å². The van der Waals surface area contributed by atoms with Crippen molar-refractivity contribution in [3.8, 4) is 5.75 Å². The first-order chi connectivity index (χ1) is 15.3. The fourth-order valence-electron chi connectivity index (χ4n) is 3.73. The summed E-state index contributed by atoms with van der Waals surface area (Å²) in [5, 5.41) is 22.9. The second kappa shape index (κ2) is 11.2. The first kappa shape index (κ1) is 24.7. The third kappa shape index (κ3) is 6.08. The van der Waals surface area contributed by atoms with E-state index in [-0.39, 0.29) is 26.0 Å². The molecule has 1 saturated carbocycles. The minimum atomic E-state index is -1.12. The summed E-state index contributed by atoms with van der Waals surface area (Å²) in [5.41, 5.74) is 0.349. The number of ether oxygens (including phenoxy) is 1. The monoisotopic (exact) mass is 556 g/mol. The van der Waals surface area contributed by atoms with Gasteiger partial charge in [-0.3, -0.25) is 14.4 Å². The van der Waals surface area contributed by atoms with Gasteiger partial charge in [0.2, 0.25) is 11.7 Å². The molecule has 0 heterocycles. The van der Waals surface area contributed by atoms with E-state index in [0.29, 0.717) is 23.8 Å². The average molecular weight is 556 g/mol. The number of nitrogens with zero attached hydrogens (tertiary/aromatic N) is 1. The molecule has 0 spiro atoms. The number of aliphatic hydroxyl groups is 2. The van der Waals surface area contributed by atoms with Crippen LogP contribution < -0.4 is 10.1 Å². The van der Waals surface area contributed by atoms with Gasteiger partial charge in [0.1, 0.15) is 18.0 Å². The number of hydrogen-bond donors (Lipinski definition) is 3. The van der Waals surface area contributed by atoms with Gasteiger partial charge in [0.05, 0.1) is 16.2 Å². The topological polar surface area (TPSA) is 116 Å². The van der Waals surface area contributed by atoms with E-state index in [0.717, 1.165) is 16.4 Å². The minimum Gasteiger partial charge on any atom is -0.482 e. The fraction of sp³-hybridized carbons (Fsp3) is 0.522. The molecule has 0 aromatic heterocycles. The van der Waals surface area contributed by atoms with E-state index in [1.54, 1.807) is 19.1 Å². The number of Topliss-reactive ketones (excluding diaryl/α,β-unsaturated/α-hetero) is 1. The smallest absolute Gasteiger partial charge is 0.290 e. The van der Waals surface area contributed by atoms with Crippen LogP contribution >= 0.6 is 22.6 Å². The lowest BCUT2D eigenvalue weighted by atomic mass is 9.87. The molecule has 0 saturated heterocycles. The first-order valence-electron chi connectivity index (χ1n) is 10.9. The summed E-state index contributed by atoms with van der Waals surface area (Å²) in [5.74, 6) is -0.702. The van der Waals surface area contributed by atoms with Crippen LogP contribution in [0.1, 0.15) is 32.6 Å². The van der Waals surface area contributed by atoms with Crippen LogP contribution in [0.3, 0.4) is 0 Å². The number of carbonyl (C=O) groups is 3. The van der Waals surface area contributed by atoms with Crippen molar-refractivity contribution < 1.29 is 29.3 Å². The van der Waals surface area contributed by atoms with Gasteiger partial charge in [-0.25, -0.2) is 0 Å². The zero-order valence-electron chi connectivity index (χ0n) is 18.0. The highest BCUT2D eigenvalue weighted by atomic mass is 127. The van der Waals surface area contributed by atoms with Gasteiger partial charge in [0, 0.05) is 31.5 Å². The molecule has 3 N–H and O–H groups in total. The van der Waals surface area contributed by atoms with Crippen LogP contribution in [0.5, 0.6) is 5.75 Å². The normalized spacial score (nSPS) is 22.6. The molecule has 1 fully saturated rings. The summed E-state index contributed by atoms with van der Waals surface area (Å²) in [6.07, 6.45) is 1.67. The summed E-state index contributed by atoms with van der Waals surface area (Å²) < 4.78 is 6.90. The molecule has 2 aliphatic rings. The maximum Gasteiger partial charge on any atom is 0.290 e. The van der Waals surface area contributed by atoms with Crippen LogP contribution in [0.15, 0.2) is 35.9 Å². The number of amides is 2. The van der Waals surface area contributed by atoms with E-state index in [2.05, 4.69) is 27.9 Å². The van der Waals surface area contributed by atoms with Crippen LogP contribution in [-0.4, -0.2) is 70.7 Å². The van der Waals surface area contributed by atoms with Crippen molar-refractivity contribution in [2.24, 2.45) is 5.92 Å². The van der Waals surface area contributed by atoms with Crippen molar-refractivity contribution in [3.05, 3.63) is 39.5 Å². The Morgan fingerprint density at radius 2 is 1.97 bits per heavy atom. The third-order valence-electron chi connectivity index (χ3n) is 5.69. The van der Waals surface area contributed by atoms with E-state index < -0.39 is 35.8 Å². The Kier molecular flexibility index (Phi) is 8.66. The summed E-state index contributed by atoms with van der Waals surface area (Å²) >= 11 is 2.12. The first-order valence-corrected chi connectivity index (χ1v) is 12.0. The number of aliphatic hydroxyl groups excluding tert-OH is 2. The number of ketones is 1. The van der Waals surface area contributed by atoms with Gasteiger partial charge >= 0.3 is 0 Å². The van der Waals surface area contributed by atoms with Gasteiger partial charge in [-0.2, -0.15) is 0 Å². The molecule has 3 unspecified atom stereocenters. The molecule has 1 aromatic carbocycles. The van der Waals surface area contributed by atoms with Crippen molar-refractivity contribution >= 4 is 40.2 Å². The van der Waals surface area contributed by atoms with Gasteiger partial charge in [0.25, 0.3) is 5.91 Å². The van der Waals surface area contributed by atoms with Crippen molar-refractivity contribution in [3.63, 3.8) is 0 Å². The number of para-hydroxylation sites is 1. The number of hydrogen-bond acceptors (Lipinski definition) is 6. The maximum absolute atomic E-state index is 12.9. The zero-order chi connectivity index (χ0) is 23.3. The molecule has 8 nitrogen and oxygen atoms in total. The van der Waals surface area contributed by atoms with Gasteiger partial charge in [-0.1, -0.05) is 19.1 Å².